The fraction of sp³-hybridized carbons (Fsp3) is 0.542. The molecular formula is C24H33N3O4S. The van der Waals surface area contributed by atoms with Gasteiger partial charge in [-0.1, -0.05) is 30.3 Å². The van der Waals surface area contributed by atoms with Crippen LogP contribution in [0.5, 0.6) is 0 Å². The third-order valence-corrected chi connectivity index (χ3v) is 7.39. The molecule has 1 aliphatic heterocycles. The van der Waals surface area contributed by atoms with Gasteiger partial charge in [0.15, 0.2) is 0 Å². The van der Waals surface area contributed by atoms with Crippen molar-refractivity contribution in [2.24, 2.45) is 0 Å². The van der Waals surface area contributed by atoms with Gasteiger partial charge in [0.25, 0.3) is 0 Å². The van der Waals surface area contributed by atoms with Gasteiger partial charge in [-0.2, -0.15) is 0 Å². The van der Waals surface area contributed by atoms with Crippen LogP contribution < -0.4 is 9.62 Å². The second-order valence-corrected chi connectivity index (χ2v) is 10.7. The highest BCUT2D eigenvalue weighted by molar-refractivity contribution is 7.88. The molecule has 0 spiro atoms. The Morgan fingerprint density at radius 2 is 1.84 bits per heavy atom. The van der Waals surface area contributed by atoms with Crippen LogP contribution >= 0.6 is 0 Å². The molecule has 2 atom stereocenters. The second-order valence-electron chi connectivity index (χ2n) is 8.93. The number of nitrogens with one attached hydrogen (secondary N) is 1. The fourth-order valence-corrected chi connectivity index (χ4v) is 5.82. The lowest BCUT2D eigenvalue weighted by molar-refractivity contribution is 0.0157. The first-order valence-electron chi connectivity index (χ1n) is 11.4. The lowest BCUT2D eigenvalue weighted by Crippen LogP contribution is -2.48. The van der Waals surface area contributed by atoms with E-state index in [1.807, 2.05) is 6.07 Å². The van der Waals surface area contributed by atoms with Gasteiger partial charge in [-0.3, -0.25) is 4.98 Å². The molecule has 0 unspecified atom stereocenters. The summed E-state index contributed by atoms with van der Waals surface area (Å²) in [6.07, 6.45) is 8.12. The molecule has 7 nitrogen and oxygen atoms in total. The molecule has 8 heteroatoms. The molecule has 0 bridgehead atoms. The van der Waals surface area contributed by atoms with Gasteiger partial charge < -0.3 is 14.7 Å². The highest BCUT2D eigenvalue weighted by atomic mass is 32.2. The maximum atomic E-state index is 11.9. The van der Waals surface area contributed by atoms with Crippen molar-refractivity contribution in [3.8, 4) is 0 Å². The number of anilines is 1. The highest BCUT2D eigenvalue weighted by Crippen LogP contribution is 2.34. The monoisotopic (exact) mass is 459 g/mol. The van der Waals surface area contributed by atoms with Crippen LogP contribution in [0.4, 0.5) is 5.69 Å². The van der Waals surface area contributed by atoms with Crippen LogP contribution in [0.3, 0.4) is 0 Å². The molecule has 1 saturated carbocycles. The molecule has 1 aromatic carbocycles. The van der Waals surface area contributed by atoms with E-state index in [9.17, 15) is 13.5 Å². The number of benzene rings is 1. The molecule has 4 rings (SSSR count). The fourth-order valence-electron chi connectivity index (χ4n) is 5.00. The minimum Gasteiger partial charge on any atom is -0.390 e. The minimum absolute atomic E-state index is 0.0988. The van der Waals surface area contributed by atoms with Gasteiger partial charge in [-0.25, -0.2) is 13.1 Å². The van der Waals surface area contributed by atoms with E-state index in [0.717, 1.165) is 37.9 Å². The van der Waals surface area contributed by atoms with Gasteiger partial charge in [0, 0.05) is 12.6 Å². The first-order valence-corrected chi connectivity index (χ1v) is 13.3. The Morgan fingerprint density at radius 3 is 2.47 bits per heavy atom. The predicted molar refractivity (Wildman–Crippen MR) is 125 cm³/mol. The lowest BCUT2D eigenvalue weighted by Gasteiger charge is -2.33. The number of aromatic nitrogens is 1. The van der Waals surface area contributed by atoms with E-state index < -0.39 is 10.0 Å². The van der Waals surface area contributed by atoms with Crippen molar-refractivity contribution in [3.63, 3.8) is 0 Å². The van der Waals surface area contributed by atoms with E-state index >= 15 is 0 Å². The van der Waals surface area contributed by atoms with Crippen LogP contribution in [0.25, 0.3) is 0 Å². The molecule has 2 heterocycles. The molecule has 1 aliphatic carbocycles. The molecule has 1 saturated heterocycles. The highest BCUT2D eigenvalue weighted by Gasteiger charge is 2.37. The van der Waals surface area contributed by atoms with E-state index in [-0.39, 0.29) is 24.8 Å². The van der Waals surface area contributed by atoms with Gasteiger partial charge >= 0.3 is 0 Å². The number of nitrogens with zero attached hydrogens (tertiary/aromatic N) is 2. The number of hydrogen-bond acceptors (Lipinski definition) is 6. The Kier molecular flexibility index (Phi) is 7.45. The van der Waals surface area contributed by atoms with Crippen molar-refractivity contribution < 1.29 is 18.3 Å². The Hall–Kier alpha value is -2.00. The van der Waals surface area contributed by atoms with Crippen molar-refractivity contribution in [2.75, 3.05) is 24.3 Å². The van der Waals surface area contributed by atoms with E-state index in [2.05, 4.69) is 44.9 Å². The van der Waals surface area contributed by atoms with E-state index in [1.165, 1.54) is 11.8 Å². The van der Waals surface area contributed by atoms with Crippen LogP contribution in [0.2, 0.25) is 0 Å². The van der Waals surface area contributed by atoms with Gasteiger partial charge in [0.1, 0.15) is 0 Å². The Balaban J connectivity index is 1.39. The summed E-state index contributed by atoms with van der Waals surface area (Å²) in [5, 5.41) is 9.26. The van der Waals surface area contributed by atoms with E-state index in [4.69, 9.17) is 4.74 Å². The number of aliphatic hydroxyl groups is 1. The summed E-state index contributed by atoms with van der Waals surface area (Å²) in [4.78, 5) is 6.46. The first-order chi connectivity index (χ1) is 15.4. The molecule has 174 valence electrons. The molecule has 0 radical (unpaired) electrons. The molecule has 2 aliphatic rings. The largest absolute Gasteiger partial charge is 0.390 e. The first kappa shape index (κ1) is 23.2. The Bertz CT molecular complexity index is 960. The maximum absolute atomic E-state index is 11.9. The van der Waals surface area contributed by atoms with Crippen LogP contribution in [0.1, 0.15) is 49.3 Å². The molecule has 0 amide bonds. The van der Waals surface area contributed by atoms with Gasteiger partial charge in [-0.05, 0) is 55.7 Å². The summed E-state index contributed by atoms with van der Waals surface area (Å²) in [6, 6.07) is 14.1. The third kappa shape index (κ3) is 5.86. The third-order valence-electron chi connectivity index (χ3n) is 6.66. The standard InChI is InChI=1S/C24H33N3O4S/c1-32(29,30)26-23-13-14-27(21-10-9-20(16-28)25-15-21)24(23)17-31-22-11-7-19(8-12-22)18-5-3-2-4-6-18/h2-6,9-10,15,19,22-24,26,28H,7-8,11-14,16-17H2,1H3/t19-,22+,23-,24-/m0/s1. The SMILES string of the molecule is CS(=O)(=O)N[C@H]1CCN(c2ccc(CO)nc2)[C@H]1CO[C@H]1CC[C@@H](c2ccccc2)CC1. The summed E-state index contributed by atoms with van der Waals surface area (Å²) in [6.45, 7) is 1.09. The molecule has 32 heavy (non-hydrogen) atoms. The molecular weight excluding hydrogens is 426 g/mol. The zero-order chi connectivity index (χ0) is 22.6. The number of sulfonamides is 1. The van der Waals surface area contributed by atoms with Crippen molar-refractivity contribution in [1.82, 2.24) is 9.71 Å². The quantitative estimate of drug-likeness (QED) is 0.631. The van der Waals surface area contributed by atoms with Crippen LogP contribution in [-0.2, 0) is 21.4 Å². The lowest BCUT2D eigenvalue weighted by atomic mass is 9.83. The average Bonchev–Trinajstić information content (AvgIpc) is 3.19. The molecule has 1 aromatic heterocycles. The van der Waals surface area contributed by atoms with Gasteiger partial charge in [0.2, 0.25) is 10.0 Å². The molecule has 2 N–H and O–H groups in total. The topological polar surface area (TPSA) is 91.8 Å². The average molecular weight is 460 g/mol. The van der Waals surface area contributed by atoms with Crippen LogP contribution in [0, 0.1) is 0 Å². The summed E-state index contributed by atoms with van der Waals surface area (Å²) in [5.74, 6) is 0.592. The molecule has 2 fully saturated rings. The summed E-state index contributed by atoms with van der Waals surface area (Å²) in [7, 11) is -3.32. The van der Waals surface area contributed by atoms with E-state index in [1.54, 1.807) is 12.3 Å². The van der Waals surface area contributed by atoms with Crippen molar-refractivity contribution >= 4 is 15.7 Å². The number of rotatable bonds is 8. The smallest absolute Gasteiger partial charge is 0.209 e. The number of aliphatic hydroxyl groups excluding tert-OH is 1. The summed E-state index contributed by atoms with van der Waals surface area (Å²) in [5.41, 5.74) is 2.94. The van der Waals surface area contributed by atoms with Gasteiger partial charge in [0.05, 0.1) is 49.2 Å². The van der Waals surface area contributed by atoms with E-state index in [0.29, 0.717) is 24.6 Å². The number of hydrogen-bond donors (Lipinski definition) is 2. The zero-order valence-electron chi connectivity index (χ0n) is 18.6. The Morgan fingerprint density at radius 1 is 1.09 bits per heavy atom. The predicted octanol–water partition coefficient (Wildman–Crippen LogP) is 2.81. The van der Waals surface area contributed by atoms with Crippen LogP contribution in [-0.4, -0.2) is 56.1 Å². The molecule has 2 aromatic rings. The summed E-state index contributed by atoms with van der Waals surface area (Å²) < 4.78 is 33.0. The Labute approximate surface area is 190 Å². The minimum atomic E-state index is -3.32. The van der Waals surface area contributed by atoms with Gasteiger partial charge in [-0.15, -0.1) is 0 Å². The van der Waals surface area contributed by atoms with Crippen molar-refractivity contribution in [3.05, 3.63) is 59.9 Å². The normalized spacial score (nSPS) is 26.4. The van der Waals surface area contributed by atoms with Crippen molar-refractivity contribution in [2.45, 2.75) is 62.8 Å². The zero-order valence-corrected chi connectivity index (χ0v) is 19.4. The number of ether oxygens (including phenoxy) is 1. The van der Waals surface area contributed by atoms with Crippen LogP contribution in [0.15, 0.2) is 48.7 Å². The van der Waals surface area contributed by atoms with Crippen molar-refractivity contribution in [1.29, 1.82) is 0 Å². The maximum Gasteiger partial charge on any atom is 0.209 e. The number of pyridine rings is 1. The summed E-state index contributed by atoms with van der Waals surface area (Å²) >= 11 is 0. The second kappa shape index (κ2) is 10.3.